The molecule has 0 bridgehead atoms. The Morgan fingerprint density at radius 1 is 1.00 bits per heavy atom. The van der Waals surface area contributed by atoms with Crippen LogP contribution < -0.4 is 0 Å². The van der Waals surface area contributed by atoms with E-state index in [0.717, 1.165) is 45.6 Å². The van der Waals surface area contributed by atoms with Crippen LogP contribution in [0, 0.1) is 11.8 Å². The van der Waals surface area contributed by atoms with E-state index in [1.165, 1.54) is 25.7 Å². The Hall–Kier alpha value is -1.10. The van der Waals surface area contributed by atoms with Crippen molar-refractivity contribution in [2.75, 3.05) is 39.8 Å². The lowest BCUT2D eigenvalue weighted by Gasteiger charge is -2.42. The van der Waals surface area contributed by atoms with Crippen LogP contribution in [0.15, 0.2) is 0 Å². The maximum absolute atomic E-state index is 13.0. The maximum Gasteiger partial charge on any atom is 0.239 e. The Morgan fingerprint density at radius 3 is 2.04 bits per heavy atom. The second-order valence-electron chi connectivity index (χ2n) is 7.72. The number of piperazine rings is 1. The molecule has 0 aromatic carbocycles. The number of carbonyl (C=O) groups is 2. The quantitative estimate of drug-likeness (QED) is 0.708. The van der Waals surface area contributed by atoms with Gasteiger partial charge in [-0.3, -0.25) is 14.5 Å². The van der Waals surface area contributed by atoms with Crippen LogP contribution >= 0.6 is 0 Å². The molecule has 0 spiro atoms. The zero-order valence-electron chi connectivity index (χ0n) is 16.7. The van der Waals surface area contributed by atoms with Crippen LogP contribution in [0.25, 0.3) is 0 Å². The Balaban J connectivity index is 2.01. The molecule has 1 saturated carbocycles. The molecule has 0 radical (unpaired) electrons. The van der Waals surface area contributed by atoms with Crippen LogP contribution in [-0.4, -0.2) is 72.3 Å². The van der Waals surface area contributed by atoms with Gasteiger partial charge in [0.05, 0.1) is 6.04 Å². The van der Waals surface area contributed by atoms with Gasteiger partial charge in [0, 0.05) is 45.7 Å². The molecule has 1 aliphatic carbocycles. The van der Waals surface area contributed by atoms with Crippen molar-refractivity contribution < 1.29 is 9.59 Å². The molecule has 0 N–H and O–H groups in total. The molecule has 0 aromatic rings. The van der Waals surface area contributed by atoms with Gasteiger partial charge in [0.25, 0.3) is 0 Å². The first-order chi connectivity index (χ1) is 12.0. The number of carbonyl (C=O) groups excluding carboxylic acids is 2. The molecule has 144 valence electrons. The normalized spacial score (nSPS) is 20.9. The summed E-state index contributed by atoms with van der Waals surface area (Å²) >= 11 is 0. The van der Waals surface area contributed by atoms with Crippen molar-refractivity contribution in [1.82, 2.24) is 14.7 Å². The smallest absolute Gasteiger partial charge is 0.239 e. The van der Waals surface area contributed by atoms with Gasteiger partial charge in [-0.15, -0.1) is 0 Å². The number of hydrogen-bond acceptors (Lipinski definition) is 3. The first kappa shape index (κ1) is 20.2. The highest BCUT2D eigenvalue weighted by Gasteiger charge is 2.38. The largest absolute Gasteiger partial charge is 0.345 e. The number of rotatable bonds is 7. The summed E-state index contributed by atoms with van der Waals surface area (Å²) < 4.78 is 0. The minimum absolute atomic E-state index is 0.0119. The molecule has 2 fully saturated rings. The fourth-order valence-corrected chi connectivity index (χ4v) is 4.43. The van der Waals surface area contributed by atoms with Crippen LogP contribution in [0.4, 0.5) is 0 Å². The van der Waals surface area contributed by atoms with Gasteiger partial charge < -0.3 is 9.80 Å². The predicted molar refractivity (Wildman–Crippen MR) is 101 cm³/mol. The van der Waals surface area contributed by atoms with E-state index < -0.39 is 0 Å². The van der Waals surface area contributed by atoms with E-state index in [1.54, 1.807) is 0 Å². The zero-order valence-corrected chi connectivity index (χ0v) is 16.7. The van der Waals surface area contributed by atoms with E-state index in [0.29, 0.717) is 11.8 Å². The second-order valence-corrected chi connectivity index (χ2v) is 7.72. The van der Waals surface area contributed by atoms with Crippen LogP contribution in [-0.2, 0) is 9.59 Å². The summed E-state index contributed by atoms with van der Waals surface area (Å²) in [5.41, 5.74) is 0. The van der Waals surface area contributed by atoms with E-state index in [9.17, 15) is 9.59 Å². The van der Waals surface area contributed by atoms with Gasteiger partial charge in [0.1, 0.15) is 0 Å². The third kappa shape index (κ3) is 4.75. The summed E-state index contributed by atoms with van der Waals surface area (Å²) in [5, 5.41) is 0. The van der Waals surface area contributed by atoms with E-state index in [2.05, 4.69) is 18.7 Å². The van der Waals surface area contributed by atoms with Crippen molar-refractivity contribution in [3.63, 3.8) is 0 Å². The van der Waals surface area contributed by atoms with Gasteiger partial charge in [-0.2, -0.15) is 0 Å². The highest BCUT2D eigenvalue weighted by Crippen LogP contribution is 2.32. The minimum Gasteiger partial charge on any atom is -0.345 e. The molecule has 0 aromatic heterocycles. The van der Waals surface area contributed by atoms with E-state index >= 15 is 0 Å². The van der Waals surface area contributed by atoms with E-state index in [4.69, 9.17) is 0 Å². The molecular formula is C20H37N3O2. The molecular weight excluding hydrogens is 314 g/mol. The van der Waals surface area contributed by atoms with Crippen molar-refractivity contribution in [3.05, 3.63) is 0 Å². The third-order valence-corrected chi connectivity index (χ3v) is 6.30. The second kappa shape index (κ2) is 9.56. The summed E-state index contributed by atoms with van der Waals surface area (Å²) in [5.74, 6) is 1.22. The average Bonchev–Trinajstić information content (AvgIpc) is 3.16. The fourth-order valence-electron chi connectivity index (χ4n) is 4.43. The highest BCUT2D eigenvalue weighted by molar-refractivity contribution is 5.82. The Kier molecular flexibility index (Phi) is 7.73. The van der Waals surface area contributed by atoms with Gasteiger partial charge in [0.15, 0.2) is 0 Å². The van der Waals surface area contributed by atoms with Gasteiger partial charge in [-0.1, -0.05) is 26.7 Å². The van der Waals surface area contributed by atoms with Crippen molar-refractivity contribution in [2.45, 2.75) is 65.3 Å². The molecule has 2 amide bonds. The zero-order chi connectivity index (χ0) is 18.4. The lowest BCUT2D eigenvalue weighted by molar-refractivity contribution is -0.142. The Morgan fingerprint density at radius 2 is 1.56 bits per heavy atom. The van der Waals surface area contributed by atoms with Crippen molar-refractivity contribution in [2.24, 2.45) is 11.8 Å². The Labute approximate surface area is 153 Å². The fraction of sp³-hybridized carbons (Fsp3) is 0.900. The van der Waals surface area contributed by atoms with Crippen molar-refractivity contribution >= 4 is 11.8 Å². The molecule has 2 aliphatic rings. The van der Waals surface area contributed by atoms with Crippen LogP contribution in [0.3, 0.4) is 0 Å². The van der Waals surface area contributed by atoms with E-state index in [1.807, 2.05) is 23.8 Å². The SMILES string of the molecule is CCC(CC)C(=O)N1CCN(C(C(=O)N(C)CC)C2CCCC2)CC1. The molecule has 25 heavy (non-hydrogen) atoms. The standard InChI is InChI=1S/C20H37N3O2/c1-5-16(6-2)19(24)23-14-12-22(13-15-23)18(17-10-8-9-11-17)20(25)21(4)7-3/h16-18H,5-15H2,1-4H3. The lowest BCUT2D eigenvalue weighted by atomic mass is 9.94. The average molecular weight is 352 g/mol. The first-order valence-electron chi connectivity index (χ1n) is 10.3. The Bertz CT molecular complexity index is 436. The number of amides is 2. The van der Waals surface area contributed by atoms with E-state index in [-0.39, 0.29) is 17.9 Å². The molecule has 1 saturated heterocycles. The van der Waals surface area contributed by atoms with Gasteiger partial charge in [-0.25, -0.2) is 0 Å². The first-order valence-corrected chi connectivity index (χ1v) is 10.3. The topological polar surface area (TPSA) is 43.9 Å². The van der Waals surface area contributed by atoms with Crippen LogP contribution in [0.2, 0.25) is 0 Å². The van der Waals surface area contributed by atoms with Gasteiger partial charge in [-0.05, 0) is 38.5 Å². The molecule has 1 unspecified atom stereocenters. The predicted octanol–water partition coefficient (Wildman–Crippen LogP) is 2.60. The van der Waals surface area contributed by atoms with Crippen LogP contribution in [0.1, 0.15) is 59.3 Å². The summed E-state index contributed by atoms with van der Waals surface area (Å²) in [6, 6.07) is 0.0119. The summed E-state index contributed by atoms with van der Waals surface area (Å²) in [4.78, 5) is 31.8. The number of likely N-dealkylation sites (N-methyl/N-ethyl adjacent to an activating group) is 1. The minimum atomic E-state index is 0.0119. The molecule has 1 atom stereocenters. The summed E-state index contributed by atoms with van der Waals surface area (Å²) in [7, 11) is 1.91. The lowest BCUT2D eigenvalue weighted by Crippen LogP contribution is -2.58. The molecule has 1 heterocycles. The molecule has 5 heteroatoms. The van der Waals surface area contributed by atoms with Gasteiger partial charge in [0.2, 0.25) is 11.8 Å². The van der Waals surface area contributed by atoms with Crippen molar-refractivity contribution in [1.29, 1.82) is 0 Å². The number of hydrogen-bond donors (Lipinski definition) is 0. The molecule has 2 rings (SSSR count). The molecule has 1 aliphatic heterocycles. The van der Waals surface area contributed by atoms with Crippen molar-refractivity contribution in [3.8, 4) is 0 Å². The molecule has 5 nitrogen and oxygen atoms in total. The summed E-state index contributed by atoms with van der Waals surface area (Å²) in [6.07, 6.45) is 6.66. The van der Waals surface area contributed by atoms with Crippen LogP contribution in [0.5, 0.6) is 0 Å². The van der Waals surface area contributed by atoms with Gasteiger partial charge >= 0.3 is 0 Å². The number of nitrogens with zero attached hydrogens (tertiary/aromatic N) is 3. The maximum atomic E-state index is 13.0. The monoisotopic (exact) mass is 351 g/mol. The highest BCUT2D eigenvalue weighted by atomic mass is 16.2. The third-order valence-electron chi connectivity index (χ3n) is 6.30. The summed E-state index contributed by atoms with van der Waals surface area (Å²) in [6.45, 7) is 10.2.